The first-order valence-electron chi connectivity index (χ1n) is 9.23. The van der Waals surface area contributed by atoms with Gasteiger partial charge in [0.15, 0.2) is 5.69 Å². The van der Waals surface area contributed by atoms with E-state index in [0.29, 0.717) is 24.8 Å². The van der Waals surface area contributed by atoms with Gasteiger partial charge in [-0.05, 0) is 29.2 Å². The molecule has 138 valence electrons. The van der Waals surface area contributed by atoms with Crippen molar-refractivity contribution in [1.82, 2.24) is 9.55 Å². The summed E-state index contributed by atoms with van der Waals surface area (Å²) in [6.07, 6.45) is 1.71. The fourth-order valence-corrected chi connectivity index (χ4v) is 3.33. The molecule has 1 amide bonds. The number of fused-ring (bicyclic) bond motifs is 1. The van der Waals surface area contributed by atoms with Crippen LogP contribution in [0.5, 0.6) is 0 Å². The lowest BCUT2D eigenvalue weighted by atomic mass is 10.0. The van der Waals surface area contributed by atoms with Gasteiger partial charge in [0.25, 0.3) is 5.91 Å². The van der Waals surface area contributed by atoms with E-state index < -0.39 is 0 Å². The summed E-state index contributed by atoms with van der Waals surface area (Å²) in [6.45, 7) is 5.32. The maximum Gasteiger partial charge on any atom is 0.276 e. The molecule has 3 aromatic rings. The molecule has 2 heterocycles. The van der Waals surface area contributed by atoms with Crippen LogP contribution in [0.25, 0.3) is 0 Å². The lowest BCUT2D eigenvalue weighted by molar-refractivity contribution is 0.00265. The molecule has 5 nitrogen and oxygen atoms in total. The summed E-state index contributed by atoms with van der Waals surface area (Å²) in [4.78, 5) is 17.0. The molecule has 0 radical (unpaired) electrons. The summed E-state index contributed by atoms with van der Waals surface area (Å²) in [6, 6.07) is 18.0. The van der Waals surface area contributed by atoms with Gasteiger partial charge in [0.2, 0.25) is 0 Å². The third-order valence-electron chi connectivity index (χ3n) is 4.95. The molecule has 0 saturated heterocycles. The Labute approximate surface area is 159 Å². The van der Waals surface area contributed by atoms with Gasteiger partial charge in [-0.1, -0.05) is 56.3 Å². The van der Waals surface area contributed by atoms with Crippen LogP contribution in [0.1, 0.15) is 53.2 Å². The predicted octanol–water partition coefficient (Wildman–Crippen LogP) is 4.53. The largest absolute Gasteiger partial charge is 0.365 e. The molecule has 1 aliphatic heterocycles. The molecule has 0 saturated carbocycles. The molecular formula is C22H23N3O2. The Kier molecular flexibility index (Phi) is 4.77. The zero-order valence-electron chi connectivity index (χ0n) is 15.6. The van der Waals surface area contributed by atoms with Crippen molar-refractivity contribution < 1.29 is 9.53 Å². The number of anilines is 1. The normalized spacial score (nSPS) is 16.2. The Bertz CT molecular complexity index is 930. The summed E-state index contributed by atoms with van der Waals surface area (Å²) in [5.41, 5.74) is 4.39. The Balaban J connectivity index is 1.48. The SMILES string of the molecule is CC(C)c1ccc(NC(=O)c2ncn3c2CO[C@H](c2ccccc2)C3)cc1. The highest BCUT2D eigenvalue weighted by Gasteiger charge is 2.26. The minimum absolute atomic E-state index is 0.0209. The van der Waals surface area contributed by atoms with Crippen LogP contribution in [0, 0.1) is 0 Å². The van der Waals surface area contributed by atoms with Gasteiger partial charge < -0.3 is 14.6 Å². The van der Waals surface area contributed by atoms with E-state index in [1.807, 2.05) is 47.0 Å². The molecule has 1 N–H and O–H groups in total. The van der Waals surface area contributed by atoms with Crippen LogP contribution in [0.4, 0.5) is 5.69 Å². The second kappa shape index (κ2) is 7.37. The number of hydrogen-bond acceptors (Lipinski definition) is 3. The molecule has 0 fully saturated rings. The number of benzene rings is 2. The van der Waals surface area contributed by atoms with Crippen molar-refractivity contribution in [1.29, 1.82) is 0 Å². The summed E-state index contributed by atoms with van der Waals surface area (Å²) >= 11 is 0. The van der Waals surface area contributed by atoms with Crippen LogP contribution >= 0.6 is 0 Å². The quantitative estimate of drug-likeness (QED) is 0.743. The monoisotopic (exact) mass is 361 g/mol. The van der Waals surface area contributed by atoms with Crippen LogP contribution in [0.15, 0.2) is 60.9 Å². The highest BCUT2D eigenvalue weighted by Crippen LogP contribution is 2.28. The minimum atomic E-state index is -0.206. The number of nitrogens with zero attached hydrogens (tertiary/aromatic N) is 2. The molecule has 2 aromatic carbocycles. The Morgan fingerprint density at radius 1 is 1.15 bits per heavy atom. The molecule has 0 aliphatic carbocycles. The van der Waals surface area contributed by atoms with Crippen LogP contribution in [-0.2, 0) is 17.9 Å². The molecule has 1 aromatic heterocycles. The third-order valence-corrected chi connectivity index (χ3v) is 4.95. The van der Waals surface area contributed by atoms with E-state index in [-0.39, 0.29) is 12.0 Å². The molecule has 27 heavy (non-hydrogen) atoms. The molecule has 4 rings (SSSR count). The van der Waals surface area contributed by atoms with Crippen molar-refractivity contribution in [2.45, 2.75) is 39.0 Å². The number of nitrogens with one attached hydrogen (secondary N) is 1. The average molecular weight is 361 g/mol. The standard InChI is InChI=1S/C22H23N3O2/c1-15(2)16-8-10-18(11-9-16)24-22(26)21-19-13-27-20(12-25(19)14-23-21)17-6-4-3-5-7-17/h3-11,14-15,20H,12-13H2,1-2H3,(H,24,26)/t20-/m0/s1. The Hall–Kier alpha value is -2.92. The molecule has 1 atom stereocenters. The van der Waals surface area contributed by atoms with Gasteiger partial charge in [-0.25, -0.2) is 4.98 Å². The van der Waals surface area contributed by atoms with Gasteiger partial charge >= 0.3 is 0 Å². The van der Waals surface area contributed by atoms with Gasteiger partial charge in [0.05, 0.1) is 25.2 Å². The molecule has 5 heteroatoms. The van der Waals surface area contributed by atoms with Crippen LogP contribution in [0.2, 0.25) is 0 Å². The molecular weight excluding hydrogens is 338 g/mol. The second-order valence-corrected chi connectivity index (χ2v) is 7.13. The van der Waals surface area contributed by atoms with Crippen molar-refractivity contribution >= 4 is 11.6 Å². The van der Waals surface area contributed by atoms with Gasteiger partial charge in [-0.2, -0.15) is 0 Å². The zero-order chi connectivity index (χ0) is 18.8. The van der Waals surface area contributed by atoms with Gasteiger partial charge in [-0.3, -0.25) is 4.79 Å². The van der Waals surface area contributed by atoms with Crippen molar-refractivity contribution in [2.24, 2.45) is 0 Å². The molecule has 1 aliphatic rings. The van der Waals surface area contributed by atoms with E-state index in [2.05, 4.69) is 36.3 Å². The fourth-order valence-electron chi connectivity index (χ4n) is 3.33. The maximum atomic E-state index is 12.7. The number of hydrogen-bond donors (Lipinski definition) is 1. The summed E-state index contributed by atoms with van der Waals surface area (Å²) in [7, 11) is 0. The number of imidazole rings is 1. The maximum absolute atomic E-state index is 12.7. The number of aromatic nitrogens is 2. The van der Waals surface area contributed by atoms with E-state index in [1.54, 1.807) is 6.33 Å². The predicted molar refractivity (Wildman–Crippen MR) is 105 cm³/mol. The van der Waals surface area contributed by atoms with Crippen molar-refractivity contribution in [2.75, 3.05) is 5.32 Å². The van der Waals surface area contributed by atoms with E-state index in [0.717, 1.165) is 16.9 Å². The highest BCUT2D eigenvalue weighted by molar-refractivity contribution is 6.03. The van der Waals surface area contributed by atoms with Crippen LogP contribution in [-0.4, -0.2) is 15.5 Å². The molecule has 0 unspecified atom stereocenters. The van der Waals surface area contributed by atoms with E-state index >= 15 is 0 Å². The van der Waals surface area contributed by atoms with Gasteiger partial charge in [0.1, 0.15) is 6.10 Å². The topological polar surface area (TPSA) is 56.2 Å². The number of carbonyl (C=O) groups is 1. The smallest absolute Gasteiger partial charge is 0.276 e. The molecule has 0 bridgehead atoms. The van der Waals surface area contributed by atoms with E-state index in [4.69, 9.17) is 4.74 Å². The van der Waals surface area contributed by atoms with Crippen LogP contribution < -0.4 is 5.32 Å². The number of carbonyl (C=O) groups excluding carboxylic acids is 1. The second-order valence-electron chi connectivity index (χ2n) is 7.13. The summed E-state index contributed by atoms with van der Waals surface area (Å²) in [5, 5.41) is 2.93. The first kappa shape index (κ1) is 17.5. The first-order valence-corrected chi connectivity index (χ1v) is 9.23. The van der Waals surface area contributed by atoms with Gasteiger partial charge in [-0.15, -0.1) is 0 Å². The average Bonchev–Trinajstić information content (AvgIpc) is 3.12. The number of amides is 1. The van der Waals surface area contributed by atoms with Gasteiger partial charge in [0, 0.05) is 5.69 Å². The number of ether oxygens (including phenoxy) is 1. The van der Waals surface area contributed by atoms with E-state index in [1.165, 1.54) is 5.56 Å². The van der Waals surface area contributed by atoms with Crippen molar-refractivity contribution in [3.63, 3.8) is 0 Å². The van der Waals surface area contributed by atoms with Crippen LogP contribution in [0.3, 0.4) is 0 Å². The summed E-state index contributed by atoms with van der Waals surface area (Å²) in [5.74, 6) is 0.257. The van der Waals surface area contributed by atoms with Crippen molar-refractivity contribution in [3.05, 3.63) is 83.4 Å². The first-order chi connectivity index (χ1) is 13.1. The Morgan fingerprint density at radius 2 is 1.89 bits per heavy atom. The lowest BCUT2D eigenvalue weighted by Crippen LogP contribution is -2.23. The van der Waals surface area contributed by atoms with Crippen molar-refractivity contribution in [3.8, 4) is 0 Å². The lowest BCUT2D eigenvalue weighted by Gasteiger charge is -2.25. The van der Waals surface area contributed by atoms with E-state index in [9.17, 15) is 4.79 Å². The summed E-state index contributed by atoms with van der Waals surface area (Å²) < 4.78 is 8.00. The third kappa shape index (κ3) is 3.64. The highest BCUT2D eigenvalue weighted by atomic mass is 16.5. The zero-order valence-corrected chi connectivity index (χ0v) is 15.6. The Morgan fingerprint density at radius 3 is 2.59 bits per heavy atom. The number of rotatable bonds is 4. The fraction of sp³-hybridized carbons (Fsp3) is 0.273. The minimum Gasteiger partial charge on any atom is -0.365 e. The molecule has 0 spiro atoms.